The van der Waals surface area contributed by atoms with Crippen molar-refractivity contribution in [2.75, 3.05) is 6.26 Å². The third kappa shape index (κ3) is 8.62. The zero-order valence-corrected chi connectivity index (χ0v) is 24.5. The quantitative estimate of drug-likeness (QED) is 0.141. The Bertz CT molecular complexity index is 1820. The van der Waals surface area contributed by atoms with Crippen LogP contribution < -0.4 is 0 Å². The van der Waals surface area contributed by atoms with E-state index in [4.69, 9.17) is 4.99 Å². The summed E-state index contributed by atoms with van der Waals surface area (Å²) in [6.45, 7) is 0.609. The van der Waals surface area contributed by atoms with E-state index in [1.165, 1.54) is 32.2 Å². The zero-order valence-electron chi connectivity index (χ0n) is 23.7. The van der Waals surface area contributed by atoms with E-state index in [1.54, 1.807) is 11.8 Å². The molecule has 0 unspecified atom stereocenters. The highest BCUT2D eigenvalue weighted by atomic mass is 32.2. The van der Waals surface area contributed by atoms with E-state index in [2.05, 4.69) is 113 Å². The molecule has 42 heavy (non-hydrogen) atoms. The molecule has 6 aromatic carbocycles. The van der Waals surface area contributed by atoms with E-state index in [-0.39, 0.29) is 0 Å². The Kier molecular flexibility index (Phi) is 10.5. The average Bonchev–Trinajstić information content (AvgIpc) is 3.06. The molecule has 0 saturated carbocycles. The van der Waals surface area contributed by atoms with Gasteiger partial charge in [-0.3, -0.25) is 0 Å². The lowest BCUT2D eigenvalue weighted by atomic mass is 10.1. The summed E-state index contributed by atoms with van der Waals surface area (Å²) < 4.78 is 0. The molecule has 0 heterocycles. The zero-order chi connectivity index (χ0) is 28.8. The van der Waals surface area contributed by atoms with Gasteiger partial charge in [-0.15, -0.1) is 11.8 Å². The van der Waals surface area contributed by atoms with Crippen LogP contribution in [0.3, 0.4) is 0 Å². The van der Waals surface area contributed by atoms with Gasteiger partial charge >= 0.3 is 0 Å². The molecule has 0 bridgehead atoms. The van der Waals surface area contributed by atoms with E-state index >= 15 is 0 Å². The molecule has 0 aliphatic carbocycles. The molecule has 0 aliphatic rings. The molecular weight excluding hydrogens is 531 g/mol. The van der Waals surface area contributed by atoms with Gasteiger partial charge in [0.05, 0.1) is 29.0 Å². The van der Waals surface area contributed by atoms with Crippen molar-refractivity contribution in [3.8, 4) is 0 Å². The summed E-state index contributed by atoms with van der Waals surface area (Å²) in [5.74, 6) is 0. The van der Waals surface area contributed by atoms with Gasteiger partial charge in [0.25, 0.3) is 0 Å². The van der Waals surface area contributed by atoms with Crippen molar-refractivity contribution in [1.82, 2.24) is 0 Å². The number of hydrogen-bond donors (Lipinski definition) is 0. The van der Waals surface area contributed by atoms with Gasteiger partial charge in [0, 0.05) is 0 Å². The second-order valence-corrected chi connectivity index (χ2v) is 10.7. The van der Waals surface area contributed by atoms with Crippen LogP contribution in [-0.2, 0) is 13.0 Å². The first-order valence-electron chi connectivity index (χ1n) is 14.1. The van der Waals surface area contributed by atoms with Gasteiger partial charge in [0.15, 0.2) is 0 Å². The van der Waals surface area contributed by atoms with Crippen LogP contribution >= 0.6 is 11.8 Å². The second-order valence-electron chi connectivity index (χ2n) is 9.77. The molecule has 4 heteroatoms. The first kappa shape index (κ1) is 28.8. The lowest BCUT2D eigenvalue weighted by molar-refractivity contribution is 1.05. The van der Waals surface area contributed by atoms with Crippen molar-refractivity contribution in [3.05, 3.63) is 157 Å². The van der Waals surface area contributed by atoms with Gasteiger partial charge < -0.3 is 0 Å². The molecule has 6 rings (SSSR count). The number of aliphatic imine (C=N–C) groups is 3. The predicted octanol–water partition coefficient (Wildman–Crippen LogP) is 10.7. The monoisotopic (exact) mass is 563 g/mol. The maximum atomic E-state index is 4.82. The van der Waals surface area contributed by atoms with E-state index in [0.29, 0.717) is 6.54 Å². The van der Waals surface area contributed by atoms with Crippen LogP contribution in [0.2, 0.25) is 0 Å². The third-order valence-corrected chi connectivity index (χ3v) is 7.55. The molecule has 0 atom stereocenters. The maximum absolute atomic E-state index is 4.82. The van der Waals surface area contributed by atoms with Crippen molar-refractivity contribution in [1.29, 1.82) is 0 Å². The Morgan fingerprint density at radius 2 is 1.10 bits per heavy atom. The van der Waals surface area contributed by atoms with Crippen molar-refractivity contribution in [2.45, 2.75) is 19.4 Å². The first-order chi connectivity index (χ1) is 20.8. The number of thioether (sulfide) groups is 1. The molecular formula is C38H33N3S. The smallest absolute Gasteiger partial charge is 0.0952 e. The number of hydrogen-bond acceptors (Lipinski definition) is 4. The third-order valence-electron chi connectivity index (χ3n) is 6.78. The number of nitrogens with zero attached hydrogens (tertiary/aromatic N) is 3. The highest BCUT2D eigenvalue weighted by Crippen LogP contribution is 2.23. The van der Waals surface area contributed by atoms with E-state index < -0.39 is 0 Å². The first-order valence-corrected chi connectivity index (χ1v) is 15.3. The molecule has 0 amide bonds. The minimum atomic E-state index is 0.609. The van der Waals surface area contributed by atoms with Crippen molar-refractivity contribution in [2.24, 2.45) is 15.0 Å². The summed E-state index contributed by atoms with van der Waals surface area (Å²) in [6, 6.07) is 52.6. The van der Waals surface area contributed by atoms with Crippen LogP contribution in [0.25, 0.3) is 21.5 Å². The minimum Gasteiger partial charge on any atom is -0.247 e. The molecule has 3 nitrogen and oxygen atoms in total. The number of rotatable bonds is 7. The fourth-order valence-electron chi connectivity index (χ4n) is 4.54. The summed E-state index contributed by atoms with van der Waals surface area (Å²) in [5.41, 5.74) is 4.44. The Morgan fingerprint density at radius 3 is 1.71 bits per heavy atom. The van der Waals surface area contributed by atoms with Gasteiger partial charge in [0.2, 0.25) is 0 Å². The van der Waals surface area contributed by atoms with Crippen molar-refractivity contribution in [3.63, 3.8) is 0 Å². The molecule has 0 N–H and O–H groups in total. The molecule has 0 spiro atoms. The normalized spacial score (nSPS) is 10.9. The maximum Gasteiger partial charge on any atom is 0.0952 e. The van der Waals surface area contributed by atoms with E-state index in [0.717, 1.165) is 29.8 Å². The van der Waals surface area contributed by atoms with Gasteiger partial charge in [0.1, 0.15) is 0 Å². The predicted molar refractivity (Wildman–Crippen MR) is 183 cm³/mol. The summed E-state index contributed by atoms with van der Waals surface area (Å²) in [6.07, 6.45) is 4.12. The van der Waals surface area contributed by atoms with Crippen LogP contribution in [0.15, 0.2) is 161 Å². The average molecular weight is 564 g/mol. The molecule has 6 aromatic rings. The number of aryl methyl sites for hydroxylation is 1. The SMILES string of the molecule is C(=NCc1ccccc1)=Nc1ccc2ccccc2c1.CSC(CCc1ccccc1)=Nc1ccc2ccccc2c1. The van der Waals surface area contributed by atoms with E-state index in [1.807, 2.05) is 54.6 Å². The highest BCUT2D eigenvalue weighted by Gasteiger charge is 2.01. The van der Waals surface area contributed by atoms with Crippen molar-refractivity contribution >= 4 is 55.7 Å². The van der Waals surface area contributed by atoms with Gasteiger partial charge in [-0.2, -0.15) is 4.99 Å². The number of benzene rings is 6. The topological polar surface area (TPSA) is 37.1 Å². The molecule has 0 radical (unpaired) electrons. The lowest BCUT2D eigenvalue weighted by Gasteiger charge is -2.05. The lowest BCUT2D eigenvalue weighted by Crippen LogP contribution is -1.95. The Morgan fingerprint density at radius 1 is 0.571 bits per heavy atom. The molecule has 0 aromatic heterocycles. The largest absolute Gasteiger partial charge is 0.247 e. The second kappa shape index (κ2) is 15.3. The molecule has 0 saturated heterocycles. The van der Waals surface area contributed by atoms with Crippen LogP contribution in [0.4, 0.5) is 11.4 Å². The minimum absolute atomic E-state index is 0.609. The van der Waals surface area contributed by atoms with Crippen molar-refractivity contribution < 1.29 is 0 Å². The summed E-state index contributed by atoms with van der Waals surface area (Å²) in [7, 11) is 0. The van der Waals surface area contributed by atoms with Gasteiger partial charge in [-0.25, -0.2) is 9.98 Å². The Hall–Kier alpha value is -4.76. The molecule has 206 valence electrons. The fraction of sp³-hybridized carbons (Fsp3) is 0.105. The summed E-state index contributed by atoms with van der Waals surface area (Å²) >= 11 is 1.74. The van der Waals surface area contributed by atoms with Gasteiger partial charge in [-0.05, 0) is 76.0 Å². The summed E-state index contributed by atoms with van der Waals surface area (Å²) in [4.78, 5) is 13.3. The van der Waals surface area contributed by atoms with E-state index in [9.17, 15) is 0 Å². The number of fused-ring (bicyclic) bond motifs is 2. The molecule has 0 aliphatic heterocycles. The summed E-state index contributed by atoms with van der Waals surface area (Å²) in [5, 5.41) is 6.08. The standard InChI is InChI=1S/C20H19NS.C18H14N2/c1-22-20(14-11-16-7-3-2-4-8-16)21-19-13-12-17-9-5-6-10-18(17)15-19;1-2-6-15(7-3-1)13-19-14-20-18-11-10-16-8-4-5-9-17(16)12-18/h2-10,12-13,15H,11,14H2,1H3;1-12H,13H2. The Balaban J connectivity index is 0.000000169. The van der Waals surface area contributed by atoms with Crippen LogP contribution in [0.5, 0.6) is 0 Å². The molecule has 0 fully saturated rings. The van der Waals surface area contributed by atoms with Crippen LogP contribution in [-0.4, -0.2) is 17.3 Å². The van der Waals surface area contributed by atoms with Crippen LogP contribution in [0.1, 0.15) is 17.5 Å². The van der Waals surface area contributed by atoms with Gasteiger partial charge in [-0.1, -0.05) is 121 Å². The Labute approximate surface area is 252 Å². The van der Waals surface area contributed by atoms with Crippen LogP contribution in [0, 0.1) is 0 Å². The fourth-order valence-corrected chi connectivity index (χ4v) is 5.04. The highest BCUT2D eigenvalue weighted by molar-refractivity contribution is 8.13.